The molecule has 2 aromatic carbocycles. The summed E-state index contributed by atoms with van der Waals surface area (Å²) in [5.74, 6) is 0.921. The third kappa shape index (κ3) is 3.51. The van der Waals surface area contributed by atoms with Crippen molar-refractivity contribution in [3.8, 4) is 0 Å². The first kappa shape index (κ1) is 23.7. The molecule has 0 nitrogen and oxygen atoms in total. The number of allylic oxidation sites excluding steroid dienone is 10. The first-order valence-corrected chi connectivity index (χ1v) is 22.3. The number of hydrogen-bond donors (Lipinski definition) is 0. The Bertz CT molecular complexity index is 1220. The molecule has 0 heterocycles. The Labute approximate surface area is 211 Å². The Morgan fingerprint density at radius 3 is 1.50 bits per heavy atom. The van der Waals surface area contributed by atoms with Gasteiger partial charge in [-0.05, 0) is 0 Å². The van der Waals surface area contributed by atoms with Gasteiger partial charge in [-0.1, -0.05) is 0 Å². The molecule has 4 aliphatic carbocycles. The maximum atomic E-state index is 2.59. The van der Waals surface area contributed by atoms with Crippen molar-refractivity contribution in [3.63, 3.8) is 0 Å². The van der Waals surface area contributed by atoms with Gasteiger partial charge in [-0.25, -0.2) is 0 Å². The fraction of sp³-hybridized carbons (Fsp3) is 0.143. The summed E-state index contributed by atoms with van der Waals surface area (Å²) in [6.07, 6.45) is 18.7. The van der Waals surface area contributed by atoms with Crippen LogP contribution in [0.15, 0.2) is 108 Å². The van der Waals surface area contributed by atoms with Gasteiger partial charge in [0, 0.05) is 0 Å². The van der Waals surface area contributed by atoms with Crippen LogP contribution in [0.2, 0.25) is 13.1 Å². The van der Waals surface area contributed by atoms with E-state index in [1.807, 2.05) is 0 Å². The number of rotatable bonds is 2. The molecule has 0 N–H and O–H groups in total. The number of fused-ring (bicyclic) bond motifs is 6. The standard InChI is InChI=1S/2C13H9.C2H6Si.2ClH.Hf/c2*1-3-7-12-10(5-1)9-11-6-2-4-8-13(11)12;1-3-2;;;/h2*1-8,12H;1-2H3;2*1H;/q;;;;;+2/p-2. The molecule has 0 bridgehead atoms. The van der Waals surface area contributed by atoms with Crippen LogP contribution in [-0.4, -0.2) is 5.49 Å². The van der Waals surface area contributed by atoms with Crippen LogP contribution in [0, 0.1) is 0 Å². The van der Waals surface area contributed by atoms with Crippen molar-refractivity contribution >= 4 is 12.2 Å². The van der Waals surface area contributed by atoms with Gasteiger partial charge in [0.2, 0.25) is 0 Å². The summed E-state index contributed by atoms with van der Waals surface area (Å²) in [7, 11) is 0. The minimum atomic E-state index is -2.38. The number of benzene rings is 2. The van der Waals surface area contributed by atoms with Gasteiger partial charge in [-0.2, -0.15) is 0 Å². The fourth-order valence-corrected chi connectivity index (χ4v) is 30.2. The Hall–Kier alpha value is -1.45. The van der Waals surface area contributed by atoms with E-state index in [0.29, 0.717) is 11.8 Å². The van der Waals surface area contributed by atoms with E-state index < -0.39 is 25.6 Å². The maximum Gasteiger partial charge on any atom is -1.00 e. The van der Waals surface area contributed by atoms with Crippen molar-refractivity contribution < 1.29 is 44.9 Å². The smallest absolute Gasteiger partial charge is 1.00 e. The van der Waals surface area contributed by atoms with Crippen molar-refractivity contribution in [1.82, 2.24) is 0 Å². The van der Waals surface area contributed by atoms with Gasteiger partial charge in [0.25, 0.3) is 0 Å². The topological polar surface area (TPSA) is 0 Å². The molecule has 4 aliphatic rings. The van der Waals surface area contributed by atoms with E-state index in [1.165, 1.54) is 11.1 Å². The molecule has 32 heavy (non-hydrogen) atoms. The number of hydrogen-bond acceptors (Lipinski definition) is 0. The van der Waals surface area contributed by atoms with Crippen molar-refractivity contribution in [1.29, 1.82) is 0 Å². The zero-order valence-corrected chi connectivity index (χ0v) is 24.3. The molecule has 0 radical (unpaired) electrons. The van der Waals surface area contributed by atoms with Crippen LogP contribution in [0.3, 0.4) is 0 Å². The van der Waals surface area contributed by atoms with Gasteiger partial charge < -0.3 is 24.8 Å². The number of halogens is 2. The molecule has 0 fully saturated rings. The van der Waals surface area contributed by atoms with Crippen LogP contribution in [0.4, 0.5) is 0 Å². The second-order valence-corrected chi connectivity index (χ2v) is 31.8. The summed E-state index contributed by atoms with van der Waals surface area (Å²) in [4.78, 5) is 0. The summed E-state index contributed by atoms with van der Waals surface area (Å²) in [5, 5.41) is 0. The van der Waals surface area contributed by atoms with Gasteiger partial charge in [0.05, 0.1) is 0 Å². The molecule has 0 amide bonds. The third-order valence-corrected chi connectivity index (χ3v) is 30.2. The zero-order valence-electron chi connectivity index (χ0n) is 18.1. The van der Waals surface area contributed by atoms with Crippen molar-refractivity contribution in [2.24, 2.45) is 0 Å². The van der Waals surface area contributed by atoms with E-state index in [0.717, 1.165) is 0 Å². The van der Waals surface area contributed by atoms with Gasteiger partial charge in [-0.15, -0.1) is 0 Å². The molecule has 2 aromatic rings. The SMILES string of the molecule is C[Si](C)=[Hf+2]([C]1=C2C=CC=CC2c2ccccc21)[C]1=C2C=CC=CC2c2ccccc21.[Cl-].[Cl-]. The minimum Gasteiger partial charge on any atom is -1.00 e. The van der Waals surface area contributed by atoms with Crippen molar-refractivity contribution in [2.45, 2.75) is 24.9 Å². The molecule has 0 saturated carbocycles. The van der Waals surface area contributed by atoms with Crippen LogP contribution >= 0.6 is 0 Å². The van der Waals surface area contributed by atoms with Crippen LogP contribution in [-0.2, 0) is 20.1 Å². The molecule has 158 valence electrons. The molecule has 0 saturated heterocycles. The van der Waals surface area contributed by atoms with E-state index in [-0.39, 0.29) is 24.8 Å². The largest absolute Gasteiger partial charge is 1.00 e. The van der Waals surface area contributed by atoms with Crippen LogP contribution < -0.4 is 24.8 Å². The summed E-state index contributed by atoms with van der Waals surface area (Å²) < 4.78 is 3.59. The summed E-state index contributed by atoms with van der Waals surface area (Å²) in [5.41, 5.74) is 8.96. The zero-order chi connectivity index (χ0) is 20.2. The molecular weight excluding hydrogens is 614 g/mol. The van der Waals surface area contributed by atoms with E-state index >= 15 is 0 Å². The van der Waals surface area contributed by atoms with E-state index in [1.54, 1.807) is 28.9 Å². The Morgan fingerprint density at radius 2 is 1.06 bits per heavy atom. The molecule has 0 aromatic heterocycles. The molecule has 4 heteroatoms. The van der Waals surface area contributed by atoms with E-state index in [4.69, 9.17) is 0 Å². The molecule has 0 spiro atoms. The second kappa shape index (κ2) is 9.42. The Balaban J connectivity index is 0.00000122. The summed E-state index contributed by atoms with van der Waals surface area (Å²) in [6.45, 7) is 5.18. The summed E-state index contributed by atoms with van der Waals surface area (Å²) >= 11 is -2.38. The van der Waals surface area contributed by atoms with E-state index in [2.05, 4.69) is 110 Å². The minimum absolute atomic E-state index is 0. The first-order chi connectivity index (χ1) is 14.8. The van der Waals surface area contributed by atoms with Crippen LogP contribution in [0.1, 0.15) is 34.1 Å². The Morgan fingerprint density at radius 1 is 0.625 bits per heavy atom. The van der Waals surface area contributed by atoms with E-state index in [9.17, 15) is 0 Å². The van der Waals surface area contributed by atoms with Gasteiger partial charge in [0.1, 0.15) is 0 Å². The predicted octanol–water partition coefficient (Wildman–Crippen LogP) is 1.13. The molecule has 0 aliphatic heterocycles. The van der Waals surface area contributed by atoms with Crippen molar-refractivity contribution in [3.05, 3.63) is 131 Å². The second-order valence-electron chi connectivity index (χ2n) is 8.65. The van der Waals surface area contributed by atoms with Gasteiger partial charge >= 0.3 is 188 Å². The monoisotopic (exact) mass is 638 g/mol. The third-order valence-electron chi connectivity index (χ3n) is 6.76. The van der Waals surface area contributed by atoms with Gasteiger partial charge in [0.15, 0.2) is 0 Å². The quantitative estimate of drug-likeness (QED) is 0.434. The van der Waals surface area contributed by atoms with Crippen LogP contribution in [0.25, 0.3) is 6.66 Å². The maximum absolute atomic E-state index is 2.59. The van der Waals surface area contributed by atoms with Crippen molar-refractivity contribution in [2.75, 3.05) is 0 Å². The Kier molecular flexibility index (Phi) is 6.98. The first-order valence-electron chi connectivity index (χ1n) is 10.8. The molecule has 6 rings (SSSR count). The average molecular weight is 638 g/mol. The summed E-state index contributed by atoms with van der Waals surface area (Å²) in [6, 6.07) is 18.5. The predicted molar refractivity (Wildman–Crippen MR) is 126 cm³/mol. The normalized spacial score (nSPS) is 20.5. The average Bonchev–Trinajstić information content (AvgIpc) is 3.29. The fourth-order valence-electron chi connectivity index (χ4n) is 5.59. The van der Waals surface area contributed by atoms with Gasteiger partial charge in [-0.3, -0.25) is 0 Å². The van der Waals surface area contributed by atoms with Crippen LogP contribution in [0.5, 0.6) is 0 Å². The molecule has 2 unspecified atom stereocenters. The molecular formula is C28H24Cl2HfSi. The molecule has 2 atom stereocenters.